The number of fused-ring (bicyclic) bond motifs is 2. The lowest BCUT2D eigenvalue weighted by molar-refractivity contribution is 0.122. The molecule has 1 N–H and O–H groups in total. The highest BCUT2D eigenvalue weighted by Crippen LogP contribution is 2.34. The number of aromatic amines is 1. The molecule has 2 aliphatic rings. The van der Waals surface area contributed by atoms with Gasteiger partial charge in [0.1, 0.15) is 5.82 Å². The summed E-state index contributed by atoms with van der Waals surface area (Å²) in [4.78, 5) is 14.9. The molecule has 5 heterocycles. The molecule has 7 rings (SSSR count). The first kappa shape index (κ1) is 21.4. The maximum atomic E-state index is 5.63. The van der Waals surface area contributed by atoms with E-state index in [0.717, 1.165) is 72.0 Å². The Labute approximate surface area is 209 Å². The highest BCUT2D eigenvalue weighted by molar-refractivity contribution is 5.93. The summed E-state index contributed by atoms with van der Waals surface area (Å²) in [5.41, 5.74) is 5.32. The molecule has 182 valence electrons. The fourth-order valence-electron chi connectivity index (χ4n) is 5.68. The number of morpholine rings is 1. The van der Waals surface area contributed by atoms with Gasteiger partial charge in [-0.3, -0.25) is 9.50 Å². The summed E-state index contributed by atoms with van der Waals surface area (Å²) in [7, 11) is 0. The lowest BCUT2D eigenvalue weighted by Gasteiger charge is -2.34. The minimum Gasteiger partial charge on any atom is -0.378 e. The van der Waals surface area contributed by atoms with Crippen LogP contribution in [0, 0.1) is 0 Å². The third kappa shape index (κ3) is 3.69. The van der Waals surface area contributed by atoms with Crippen LogP contribution in [-0.4, -0.2) is 64.0 Å². The SMILES string of the molecule is c1ccc(C2CCCN(c3cnc4c(N5CCOCC5)nc(-c5cccc6[nH]ncc56)cn34)C2)cc1. The Morgan fingerprint density at radius 2 is 1.81 bits per heavy atom. The van der Waals surface area contributed by atoms with Crippen LogP contribution in [0.4, 0.5) is 11.6 Å². The number of nitrogens with zero attached hydrogens (tertiary/aromatic N) is 6. The predicted molar refractivity (Wildman–Crippen MR) is 142 cm³/mol. The van der Waals surface area contributed by atoms with Crippen LogP contribution in [0.3, 0.4) is 0 Å². The Morgan fingerprint density at radius 3 is 2.69 bits per heavy atom. The second-order valence-corrected chi connectivity index (χ2v) is 9.69. The first-order valence-electron chi connectivity index (χ1n) is 12.8. The molecule has 2 aliphatic heterocycles. The van der Waals surface area contributed by atoms with E-state index < -0.39 is 0 Å². The van der Waals surface area contributed by atoms with Gasteiger partial charge in [-0.1, -0.05) is 42.5 Å². The lowest BCUT2D eigenvalue weighted by atomic mass is 9.91. The van der Waals surface area contributed by atoms with Gasteiger partial charge in [0.05, 0.1) is 36.8 Å². The number of nitrogens with one attached hydrogen (secondary N) is 1. The summed E-state index contributed by atoms with van der Waals surface area (Å²) in [5, 5.41) is 8.43. The molecule has 0 spiro atoms. The smallest absolute Gasteiger partial charge is 0.181 e. The van der Waals surface area contributed by atoms with Gasteiger partial charge in [-0.2, -0.15) is 5.10 Å². The normalized spacial score (nSPS) is 18.8. The van der Waals surface area contributed by atoms with E-state index in [1.165, 1.54) is 12.0 Å². The molecular weight excluding hydrogens is 450 g/mol. The topological polar surface area (TPSA) is 74.6 Å². The third-order valence-corrected chi connectivity index (χ3v) is 7.54. The third-order valence-electron chi connectivity index (χ3n) is 7.54. The van der Waals surface area contributed by atoms with E-state index in [2.05, 4.69) is 73.1 Å². The zero-order chi connectivity index (χ0) is 23.9. The summed E-state index contributed by atoms with van der Waals surface area (Å²) >= 11 is 0. The monoisotopic (exact) mass is 479 g/mol. The van der Waals surface area contributed by atoms with Crippen molar-refractivity contribution in [3.05, 3.63) is 72.7 Å². The van der Waals surface area contributed by atoms with Crippen LogP contribution in [0.25, 0.3) is 27.8 Å². The molecule has 8 heteroatoms. The number of anilines is 2. The van der Waals surface area contributed by atoms with Crippen molar-refractivity contribution in [2.45, 2.75) is 18.8 Å². The van der Waals surface area contributed by atoms with Crippen LogP contribution in [0.5, 0.6) is 0 Å². The molecule has 36 heavy (non-hydrogen) atoms. The number of ether oxygens (including phenoxy) is 1. The minimum atomic E-state index is 0.519. The van der Waals surface area contributed by atoms with Crippen LogP contribution in [-0.2, 0) is 4.74 Å². The Bertz CT molecular complexity index is 1500. The maximum absolute atomic E-state index is 5.63. The molecule has 0 bridgehead atoms. The fraction of sp³-hybridized carbons (Fsp3) is 0.321. The molecule has 2 fully saturated rings. The molecular formula is C28H29N7O. The standard InChI is InChI=1S/C28H29N7O/c1-2-6-20(7-3-1)21-8-5-11-34(18-21)26-17-29-27-28(33-12-14-36-15-13-33)31-25(19-35(26)27)22-9-4-10-24-23(22)16-30-32-24/h1-4,6-7,9-10,16-17,19,21H,5,8,11-15,18H2,(H,30,32). The Kier molecular flexibility index (Phi) is 5.31. The van der Waals surface area contributed by atoms with Crippen molar-refractivity contribution in [2.75, 3.05) is 49.2 Å². The first-order valence-corrected chi connectivity index (χ1v) is 12.8. The maximum Gasteiger partial charge on any atom is 0.181 e. The molecule has 0 radical (unpaired) electrons. The quantitative estimate of drug-likeness (QED) is 0.409. The summed E-state index contributed by atoms with van der Waals surface area (Å²) in [6.45, 7) is 5.04. The number of benzene rings is 2. The molecule has 1 unspecified atom stereocenters. The van der Waals surface area contributed by atoms with E-state index in [-0.39, 0.29) is 0 Å². The van der Waals surface area contributed by atoms with Gasteiger partial charge in [0, 0.05) is 49.2 Å². The van der Waals surface area contributed by atoms with Crippen LogP contribution >= 0.6 is 0 Å². The van der Waals surface area contributed by atoms with Crippen LogP contribution < -0.4 is 9.80 Å². The van der Waals surface area contributed by atoms with Crippen molar-refractivity contribution in [3.63, 3.8) is 0 Å². The van der Waals surface area contributed by atoms with E-state index in [4.69, 9.17) is 14.7 Å². The van der Waals surface area contributed by atoms with E-state index in [1.807, 2.05) is 18.5 Å². The number of hydrogen-bond acceptors (Lipinski definition) is 6. The molecule has 0 amide bonds. The Hall–Kier alpha value is -3.91. The Morgan fingerprint density at radius 1 is 0.917 bits per heavy atom. The second kappa shape index (κ2) is 8.95. The van der Waals surface area contributed by atoms with Gasteiger partial charge in [0.15, 0.2) is 11.5 Å². The highest BCUT2D eigenvalue weighted by atomic mass is 16.5. The number of rotatable bonds is 4. The Balaban J connectivity index is 1.35. The van der Waals surface area contributed by atoms with E-state index >= 15 is 0 Å². The van der Waals surface area contributed by atoms with Gasteiger partial charge >= 0.3 is 0 Å². The van der Waals surface area contributed by atoms with Crippen molar-refractivity contribution in [1.29, 1.82) is 0 Å². The average molecular weight is 480 g/mol. The van der Waals surface area contributed by atoms with E-state index in [0.29, 0.717) is 19.1 Å². The fourth-order valence-corrected chi connectivity index (χ4v) is 5.68. The zero-order valence-corrected chi connectivity index (χ0v) is 20.2. The van der Waals surface area contributed by atoms with Gasteiger partial charge in [-0.25, -0.2) is 9.97 Å². The zero-order valence-electron chi connectivity index (χ0n) is 20.2. The van der Waals surface area contributed by atoms with Crippen molar-refractivity contribution in [3.8, 4) is 11.3 Å². The second-order valence-electron chi connectivity index (χ2n) is 9.69. The lowest BCUT2D eigenvalue weighted by Crippen LogP contribution is -2.37. The number of piperidine rings is 1. The van der Waals surface area contributed by atoms with Crippen LogP contribution in [0.1, 0.15) is 24.3 Å². The summed E-state index contributed by atoms with van der Waals surface area (Å²) < 4.78 is 7.88. The van der Waals surface area contributed by atoms with E-state index in [1.54, 1.807) is 0 Å². The number of H-pyrrole nitrogens is 1. The average Bonchev–Trinajstić information content (AvgIpc) is 3.61. The van der Waals surface area contributed by atoms with Gasteiger partial charge in [0.2, 0.25) is 0 Å². The predicted octanol–water partition coefficient (Wildman–Crippen LogP) is 4.49. The van der Waals surface area contributed by atoms with Crippen LogP contribution in [0.15, 0.2) is 67.1 Å². The molecule has 0 aliphatic carbocycles. The van der Waals surface area contributed by atoms with Crippen LogP contribution in [0.2, 0.25) is 0 Å². The molecule has 5 aromatic rings. The molecule has 2 saturated heterocycles. The summed E-state index contributed by atoms with van der Waals surface area (Å²) in [6.07, 6.45) is 8.43. The largest absolute Gasteiger partial charge is 0.378 e. The van der Waals surface area contributed by atoms with E-state index in [9.17, 15) is 0 Å². The molecule has 8 nitrogen and oxygen atoms in total. The van der Waals surface area contributed by atoms with Crippen molar-refractivity contribution in [1.82, 2.24) is 24.6 Å². The van der Waals surface area contributed by atoms with Gasteiger partial charge in [-0.05, 0) is 24.5 Å². The summed E-state index contributed by atoms with van der Waals surface area (Å²) in [6, 6.07) is 17.1. The highest BCUT2D eigenvalue weighted by Gasteiger charge is 2.26. The number of hydrogen-bond donors (Lipinski definition) is 1. The van der Waals surface area contributed by atoms with Gasteiger partial charge < -0.3 is 14.5 Å². The molecule has 1 atom stereocenters. The first-order chi connectivity index (χ1) is 17.8. The molecule has 2 aromatic carbocycles. The molecule has 0 saturated carbocycles. The number of aromatic nitrogens is 5. The van der Waals surface area contributed by atoms with Crippen molar-refractivity contribution < 1.29 is 4.74 Å². The van der Waals surface area contributed by atoms with Gasteiger partial charge in [-0.15, -0.1) is 0 Å². The van der Waals surface area contributed by atoms with Crippen molar-refractivity contribution >= 4 is 28.2 Å². The van der Waals surface area contributed by atoms with Gasteiger partial charge in [0.25, 0.3) is 0 Å². The molecule has 3 aromatic heterocycles. The number of imidazole rings is 1. The minimum absolute atomic E-state index is 0.519. The van der Waals surface area contributed by atoms with Crippen molar-refractivity contribution in [2.24, 2.45) is 0 Å². The summed E-state index contributed by atoms with van der Waals surface area (Å²) in [5.74, 6) is 2.56.